The molecule has 174 valence electrons. The predicted octanol–water partition coefficient (Wildman–Crippen LogP) is 4.46. The standard InChI is InChI=1S/C25H23ClFN5O2/c26-19-7-2-5-14-4-1-6-17(20(14)19)22-21(27)23-18(11-29-22)24(28)31-25(30-23)33-9-3-8-32-12-16-10-15(32)13-34-16/h1-2,4-7,11,15-16H,3,8-10,12-13H2,(H2,28,30,31)/t15-,16-/m0/s1. The molecule has 0 unspecified atom stereocenters. The maximum absolute atomic E-state index is 15.7. The van der Waals surface area contributed by atoms with Crippen LogP contribution >= 0.6 is 11.6 Å². The number of ether oxygens (including phenoxy) is 2. The third-order valence-electron chi connectivity index (χ3n) is 6.64. The van der Waals surface area contributed by atoms with Crippen molar-refractivity contribution in [3.63, 3.8) is 0 Å². The molecule has 7 nitrogen and oxygen atoms in total. The summed E-state index contributed by atoms with van der Waals surface area (Å²) in [6, 6.07) is 11.7. The average molecular weight is 480 g/mol. The zero-order valence-electron chi connectivity index (χ0n) is 18.4. The van der Waals surface area contributed by atoms with Crippen LogP contribution in [-0.2, 0) is 4.74 Å². The average Bonchev–Trinajstić information content (AvgIpc) is 3.46. The Morgan fingerprint density at radius 3 is 2.85 bits per heavy atom. The Labute approximate surface area is 200 Å². The van der Waals surface area contributed by atoms with E-state index in [-0.39, 0.29) is 23.0 Å². The van der Waals surface area contributed by atoms with Crippen LogP contribution in [0.25, 0.3) is 32.9 Å². The first kappa shape index (κ1) is 21.5. The molecule has 4 aromatic rings. The van der Waals surface area contributed by atoms with Gasteiger partial charge in [0.15, 0.2) is 5.82 Å². The van der Waals surface area contributed by atoms with Crippen LogP contribution in [0.3, 0.4) is 0 Å². The first-order valence-corrected chi connectivity index (χ1v) is 11.7. The molecule has 2 atom stereocenters. The van der Waals surface area contributed by atoms with E-state index < -0.39 is 5.82 Å². The number of aromatic nitrogens is 3. The lowest BCUT2D eigenvalue weighted by Gasteiger charge is -2.26. The zero-order chi connectivity index (χ0) is 23.2. The van der Waals surface area contributed by atoms with Crippen molar-refractivity contribution in [3.8, 4) is 17.3 Å². The SMILES string of the molecule is Nc1nc(OCCCN2C[C@@H]3C[C@H]2CO3)nc2c(F)c(-c3cccc4cccc(Cl)c34)ncc12. The van der Waals surface area contributed by atoms with Gasteiger partial charge in [0.2, 0.25) is 0 Å². The molecule has 6 rings (SSSR count). The van der Waals surface area contributed by atoms with Gasteiger partial charge in [0.25, 0.3) is 0 Å². The van der Waals surface area contributed by atoms with Gasteiger partial charge in [0.1, 0.15) is 17.0 Å². The molecule has 0 saturated carbocycles. The molecule has 2 aliphatic heterocycles. The molecule has 0 spiro atoms. The van der Waals surface area contributed by atoms with Crippen molar-refractivity contribution >= 4 is 39.1 Å². The Bertz CT molecular complexity index is 1400. The molecule has 2 N–H and O–H groups in total. The van der Waals surface area contributed by atoms with Gasteiger partial charge in [-0.15, -0.1) is 0 Å². The lowest BCUT2D eigenvalue weighted by molar-refractivity contribution is 0.0287. The highest BCUT2D eigenvalue weighted by molar-refractivity contribution is 6.36. The molecule has 2 aromatic heterocycles. The van der Waals surface area contributed by atoms with Gasteiger partial charge in [-0.25, -0.2) is 4.39 Å². The smallest absolute Gasteiger partial charge is 0.319 e. The number of fused-ring (bicyclic) bond motifs is 4. The van der Waals surface area contributed by atoms with Gasteiger partial charge in [0.05, 0.1) is 24.7 Å². The monoisotopic (exact) mass is 479 g/mol. The van der Waals surface area contributed by atoms with Gasteiger partial charge < -0.3 is 15.2 Å². The van der Waals surface area contributed by atoms with E-state index in [9.17, 15) is 0 Å². The van der Waals surface area contributed by atoms with Crippen LogP contribution in [0.2, 0.25) is 5.02 Å². The van der Waals surface area contributed by atoms with E-state index in [0.717, 1.165) is 43.3 Å². The highest BCUT2D eigenvalue weighted by atomic mass is 35.5. The van der Waals surface area contributed by atoms with E-state index in [2.05, 4.69) is 19.9 Å². The molecule has 2 saturated heterocycles. The van der Waals surface area contributed by atoms with Gasteiger partial charge in [-0.2, -0.15) is 9.97 Å². The first-order chi connectivity index (χ1) is 16.6. The van der Waals surface area contributed by atoms with Gasteiger partial charge >= 0.3 is 6.01 Å². The Morgan fingerprint density at radius 1 is 1.21 bits per heavy atom. The van der Waals surface area contributed by atoms with Gasteiger partial charge in [-0.1, -0.05) is 41.9 Å². The summed E-state index contributed by atoms with van der Waals surface area (Å²) in [6.07, 6.45) is 3.79. The Hall–Kier alpha value is -3.07. The van der Waals surface area contributed by atoms with E-state index in [1.165, 1.54) is 6.20 Å². The molecule has 0 amide bonds. The van der Waals surface area contributed by atoms with Crippen LogP contribution in [0.15, 0.2) is 42.6 Å². The van der Waals surface area contributed by atoms with Crippen molar-refractivity contribution < 1.29 is 13.9 Å². The summed E-state index contributed by atoms with van der Waals surface area (Å²) in [7, 11) is 0. The highest BCUT2D eigenvalue weighted by Gasteiger charge is 2.38. The number of hydrogen-bond donors (Lipinski definition) is 1. The van der Waals surface area contributed by atoms with Crippen molar-refractivity contribution in [1.82, 2.24) is 19.9 Å². The highest BCUT2D eigenvalue weighted by Crippen LogP contribution is 2.36. The topological polar surface area (TPSA) is 86.4 Å². The molecule has 4 heterocycles. The number of anilines is 1. The lowest BCUT2D eigenvalue weighted by Crippen LogP contribution is -2.37. The normalized spacial score (nSPS) is 19.9. The van der Waals surface area contributed by atoms with Crippen LogP contribution in [-0.4, -0.2) is 58.3 Å². The predicted molar refractivity (Wildman–Crippen MR) is 129 cm³/mol. The largest absolute Gasteiger partial charge is 0.463 e. The molecular formula is C25H23ClFN5O2. The van der Waals surface area contributed by atoms with Crippen LogP contribution in [0.1, 0.15) is 12.8 Å². The summed E-state index contributed by atoms with van der Waals surface area (Å²) in [5.41, 5.74) is 6.91. The van der Waals surface area contributed by atoms with Crippen LogP contribution in [0.4, 0.5) is 10.2 Å². The number of likely N-dealkylation sites (tertiary alicyclic amines) is 1. The Morgan fingerprint density at radius 2 is 2.06 bits per heavy atom. The number of pyridine rings is 1. The van der Waals surface area contributed by atoms with Crippen molar-refractivity contribution in [2.45, 2.75) is 25.0 Å². The number of nitrogens with zero attached hydrogens (tertiary/aromatic N) is 4. The fraction of sp³-hybridized carbons (Fsp3) is 0.320. The lowest BCUT2D eigenvalue weighted by atomic mass is 10.0. The molecule has 2 aliphatic rings. The minimum atomic E-state index is -0.586. The van der Waals surface area contributed by atoms with Crippen molar-refractivity contribution in [1.29, 1.82) is 0 Å². The Kier molecular flexibility index (Phi) is 5.44. The summed E-state index contributed by atoms with van der Waals surface area (Å²) >= 11 is 6.45. The van der Waals surface area contributed by atoms with Crippen LogP contribution < -0.4 is 10.5 Å². The molecule has 2 bridgehead atoms. The molecule has 0 radical (unpaired) electrons. The zero-order valence-corrected chi connectivity index (χ0v) is 19.1. The van der Waals surface area contributed by atoms with Crippen molar-refractivity contribution in [2.24, 2.45) is 0 Å². The van der Waals surface area contributed by atoms with E-state index in [1.54, 1.807) is 12.1 Å². The number of nitrogen functional groups attached to an aromatic ring is 1. The van der Waals surface area contributed by atoms with Crippen molar-refractivity contribution in [2.75, 3.05) is 32.0 Å². The maximum Gasteiger partial charge on any atom is 0.319 e. The third-order valence-corrected chi connectivity index (χ3v) is 6.95. The third kappa shape index (κ3) is 3.72. The summed E-state index contributed by atoms with van der Waals surface area (Å²) in [6.45, 7) is 3.12. The number of nitrogens with two attached hydrogens (primary N) is 1. The number of halogens is 2. The second-order valence-corrected chi connectivity index (χ2v) is 9.17. The minimum Gasteiger partial charge on any atom is -0.463 e. The van der Waals surface area contributed by atoms with Gasteiger partial charge in [-0.05, 0) is 24.3 Å². The fourth-order valence-corrected chi connectivity index (χ4v) is 5.27. The summed E-state index contributed by atoms with van der Waals surface area (Å²) < 4.78 is 27.1. The van der Waals surface area contributed by atoms with E-state index in [4.69, 9.17) is 26.8 Å². The summed E-state index contributed by atoms with van der Waals surface area (Å²) in [5, 5.41) is 2.50. The van der Waals surface area contributed by atoms with Crippen LogP contribution in [0, 0.1) is 5.82 Å². The summed E-state index contributed by atoms with van der Waals surface area (Å²) in [4.78, 5) is 15.3. The second kappa shape index (κ2) is 8.61. The maximum atomic E-state index is 15.7. The molecule has 2 aromatic carbocycles. The molecule has 9 heteroatoms. The number of hydrogen-bond acceptors (Lipinski definition) is 7. The number of benzene rings is 2. The fourth-order valence-electron chi connectivity index (χ4n) is 4.99. The molecule has 34 heavy (non-hydrogen) atoms. The molecule has 0 aliphatic carbocycles. The van der Waals surface area contributed by atoms with Gasteiger partial charge in [-0.3, -0.25) is 9.88 Å². The second-order valence-electron chi connectivity index (χ2n) is 8.76. The van der Waals surface area contributed by atoms with E-state index in [0.29, 0.717) is 34.7 Å². The van der Waals surface area contributed by atoms with Crippen LogP contribution in [0.5, 0.6) is 6.01 Å². The van der Waals surface area contributed by atoms with Crippen molar-refractivity contribution in [3.05, 3.63) is 53.4 Å². The number of rotatable bonds is 6. The minimum absolute atomic E-state index is 0.0586. The quantitative estimate of drug-likeness (QED) is 0.408. The number of morpholine rings is 1. The molecule has 2 fully saturated rings. The van der Waals surface area contributed by atoms with E-state index >= 15 is 4.39 Å². The summed E-state index contributed by atoms with van der Waals surface area (Å²) in [5.74, 6) is -0.458. The first-order valence-electron chi connectivity index (χ1n) is 11.4. The van der Waals surface area contributed by atoms with Gasteiger partial charge in [0, 0.05) is 41.3 Å². The Balaban J connectivity index is 1.27. The molecular weight excluding hydrogens is 457 g/mol. The van der Waals surface area contributed by atoms with E-state index in [1.807, 2.05) is 24.3 Å².